The lowest BCUT2D eigenvalue weighted by Gasteiger charge is -2.10. The fourth-order valence-electron chi connectivity index (χ4n) is 1.59. The zero-order valence-corrected chi connectivity index (χ0v) is 11.2. The van der Waals surface area contributed by atoms with Gasteiger partial charge in [0.25, 0.3) is 0 Å². The third-order valence-corrected chi connectivity index (χ3v) is 3.04. The Morgan fingerprint density at radius 1 is 0.944 bits per heavy atom. The van der Waals surface area contributed by atoms with Crippen LogP contribution in [0.2, 0.25) is 10.0 Å². The summed E-state index contributed by atoms with van der Waals surface area (Å²) in [4.78, 5) is 0. The molecule has 4 heteroatoms. The van der Waals surface area contributed by atoms with Gasteiger partial charge in [0.15, 0.2) is 0 Å². The van der Waals surface area contributed by atoms with Gasteiger partial charge in [-0.2, -0.15) is 0 Å². The van der Waals surface area contributed by atoms with E-state index in [0.717, 1.165) is 16.9 Å². The van der Waals surface area contributed by atoms with Gasteiger partial charge < -0.3 is 10.5 Å². The van der Waals surface area contributed by atoms with Crippen molar-refractivity contribution in [1.29, 1.82) is 0 Å². The SMILES string of the molecule is NCc1cc(Cl)ccc1OCc1ccc(Cl)cc1. The molecule has 0 radical (unpaired) electrons. The van der Waals surface area contributed by atoms with Crippen molar-refractivity contribution in [2.45, 2.75) is 13.2 Å². The summed E-state index contributed by atoms with van der Waals surface area (Å²) >= 11 is 11.7. The first-order valence-electron chi connectivity index (χ1n) is 5.55. The summed E-state index contributed by atoms with van der Waals surface area (Å²) in [7, 11) is 0. The summed E-state index contributed by atoms with van der Waals surface area (Å²) in [6.45, 7) is 0.877. The molecule has 0 fully saturated rings. The molecule has 2 rings (SSSR count). The van der Waals surface area contributed by atoms with E-state index in [0.29, 0.717) is 23.2 Å². The van der Waals surface area contributed by atoms with Gasteiger partial charge in [-0.25, -0.2) is 0 Å². The van der Waals surface area contributed by atoms with Crippen LogP contribution in [0.4, 0.5) is 0 Å². The lowest BCUT2D eigenvalue weighted by atomic mass is 10.2. The molecule has 0 aromatic heterocycles. The minimum atomic E-state index is 0.399. The molecule has 0 unspecified atom stereocenters. The first-order chi connectivity index (χ1) is 8.69. The normalized spacial score (nSPS) is 10.4. The molecule has 0 aliphatic heterocycles. The summed E-state index contributed by atoms with van der Waals surface area (Å²) < 4.78 is 5.73. The molecule has 0 aliphatic carbocycles. The van der Waals surface area contributed by atoms with Crippen LogP contribution in [0.1, 0.15) is 11.1 Å². The monoisotopic (exact) mass is 281 g/mol. The lowest BCUT2D eigenvalue weighted by molar-refractivity contribution is 0.303. The summed E-state index contributed by atoms with van der Waals surface area (Å²) in [6.07, 6.45) is 0. The quantitative estimate of drug-likeness (QED) is 0.918. The molecule has 0 saturated heterocycles. The molecule has 2 nitrogen and oxygen atoms in total. The molecule has 2 aromatic carbocycles. The first kappa shape index (κ1) is 13.2. The van der Waals surface area contributed by atoms with Crippen molar-refractivity contribution in [2.24, 2.45) is 5.73 Å². The summed E-state index contributed by atoms with van der Waals surface area (Å²) in [6, 6.07) is 13.0. The van der Waals surface area contributed by atoms with Gasteiger partial charge >= 0.3 is 0 Å². The van der Waals surface area contributed by atoms with Crippen molar-refractivity contribution in [3.63, 3.8) is 0 Å². The molecule has 0 bridgehead atoms. The highest BCUT2D eigenvalue weighted by molar-refractivity contribution is 6.30. The van der Waals surface area contributed by atoms with Crippen molar-refractivity contribution < 1.29 is 4.74 Å². The van der Waals surface area contributed by atoms with Gasteiger partial charge in [-0.05, 0) is 35.9 Å². The van der Waals surface area contributed by atoms with Crippen LogP contribution in [-0.2, 0) is 13.2 Å². The number of rotatable bonds is 4. The number of ether oxygens (including phenoxy) is 1. The van der Waals surface area contributed by atoms with Crippen LogP contribution in [0.3, 0.4) is 0 Å². The van der Waals surface area contributed by atoms with E-state index in [1.165, 1.54) is 0 Å². The van der Waals surface area contributed by atoms with Gasteiger partial charge in [0, 0.05) is 22.2 Å². The number of hydrogen-bond donors (Lipinski definition) is 1. The van der Waals surface area contributed by atoms with Gasteiger partial charge in [-0.1, -0.05) is 35.3 Å². The van der Waals surface area contributed by atoms with E-state index in [4.69, 9.17) is 33.7 Å². The van der Waals surface area contributed by atoms with Crippen LogP contribution >= 0.6 is 23.2 Å². The Bertz CT molecular complexity index is 526. The Morgan fingerprint density at radius 3 is 2.28 bits per heavy atom. The van der Waals surface area contributed by atoms with Crippen LogP contribution in [0.25, 0.3) is 0 Å². The molecule has 2 aromatic rings. The van der Waals surface area contributed by atoms with Gasteiger partial charge in [0.1, 0.15) is 12.4 Å². The minimum Gasteiger partial charge on any atom is -0.489 e. The zero-order valence-electron chi connectivity index (χ0n) is 9.70. The highest BCUT2D eigenvalue weighted by Crippen LogP contribution is 2.23. The Hall–Kier alpha value is -1.22. The van der Waals surface area contributed by atoms with Crippen molar-refractivity contribution in [2.75, 3.05) is 0 Å². The first-order valence-corrected chi connectivity index (χ1v) is 6.30. The van der Waals surface area contributed by atoms with E-state index in [9.17, 15) is 0 Å². The number of hydrogen-bond acceptors (Lipinski definition) is 2. The van der Waals surface area contributed by atoms with Crippen LogP contribution < -0.4 is 10.5 Å². The summed E-state index contributed by atoms with van der Waals surface area (Å²) in [5.41, 5.74) is 7.60. The van der Waals surface area contributed by atoms with Gasteiger partial charge in [0.05, 0.1) is 0 Å². The smallest absolute Gasteiger partial charge is 0.124 e. The van der Waals surface area contributed by atoms with E-state index in [1.54, 1.807) is 6.07 Å². The Labute approximate surface area is 116 Å². The molecule has 0 spiro atoms. The van der Waals surface area contributed by atoms with Gasteiger partial charge in [0.2, 0.25) is 0 Å². The van der Waals surface area contributed by atoms with Crippen LogP contribution in [0.5, 0.6) is 5.75 Å². The highest BCUT2D eigenvalue weighted by Gasteiger charge is 2.03. The number of halogens is 2. The van der Waals surface area contributed by atoms with Crippen molar-refractivity contribution in [3.05, 3.63) is 63.6 Å². The Kier molecular flexibility index (Phi) is 4.48. The maximum atomic E-state index is 5.90. The molecule has 0 heterocycles. The average Bonchev–Trinajstić information content (AvgIpc) is 2.39. The van der Waals surface area contributed by atoms with E-state index in [1.807, 2.05) is 36.4 Å². The average molecular weight is 282 g/mol. The maximum absolute atomic E-state index is 5.90. The second-order valence-corrected chi connectivity index (χ2v) is 4.74. The summed E-state index contributed by atoms with van der Waals surface area (Å²) in [5.74, 6) is 0.761. The molecule has 18 heavy (non-hydrogen) atoms. The molecule has 94 valence electrons. The standard InChI is InChI=1S/C14H13Cl2NO/c15-12-3-1-10(2-4-12)9-18-14-6-5-13(16)7-11(14)8-17/h1-7H,8-9,17H2. The third kappa shape index (κ3) is 3.39. The lowest BCUT2D eigenvalue weighted by Crippen LogP contribution is -2.02. The molecule has 0 amide bonds. The van der Waals surface area contributed by atoms with Crippen LogP contribution in [-0.4, -0.2) is 0 Å². The largest absolute Gasteiger partial charge is 0.489 e. The van der Waals surface area contributed by atoms with Crippen molar-refractivity contribution in [1.82, 2.24) is 0 Å². The van der Waals surface area contributed by atoms with Gasteiger partial charge in [-0.15, -0.1) is 0 Å². The van der Waals surface area contributed by atoms with Crippen LogP contribution in [0.15, 0.2) is 42.5 Å². The fraction of sp³-hybridized carbons (Fsp3) is 0.143. The molecule has 0 atom stereocenters. The van der Waals surface area contributed by atoms with Crippen molar-refractivity contribution >= 4 is 23.2 Å². The predicted octanol–water partition coefficient (Wildman–Crippen LogP) is 4.03. The number of benzene rings is 2. The highest BCUT2D eigenvalue weighted by atomic mass is 35.5. The Morgan fingerprint density at radius 2 is 1.61 bits per heavy atom. The third-order valence-electron chi connectivity index (χ3n) is 2.55. The molecular formula is C14H13Cl2NO. The van der Waals surface area contributed by atoms with E-state index < -0.39 is 0 Å². The Balaban J connectivity index is 2.08. The number of nitrogens with two attached hydrogens (primary N) is 1. The minimum absolute atomic E-state index is 0.399. The van der Waals surface area contributed by atoms with Crippen molar-refractivity contribution in [3.8, 4) is 5.75 Å². The van der Waals surface area contributed by atoms with Gasteiger partial charge in [-0.3, -0.25) is 0 Å². The molecule has 0 aliphatic rings. The topological polar surface area (TPSA) is 35.2 Å². The maximum Gasteiger partial charge on any atom is 0.124 e. The second-order valence-electron chi connectivity index (χ2n) is 3.87. The van der Waals surface area contributed by atoms with E-state index in [2.05, 4.69) is 0 Å². The van der Waals surface area contributed by atoms with E-state index >= 15 is 0 Å². The molecule has 2 N–H and O–H groups in total. The van der Waals surface area contributed by atoms with E-state index in [-0.39, 0.29) is 0 Å². The second kappa shape index (κ2) is 6.10. The van der Waals surface area contributed by atoms with Crippen LogP contribution in [0, 0.1) is 0 Å². The fourth-order valence-corrected chi connectivity index (χ4v) is 1.91. The predicted molar refractivity (Wildman–Crippen MR) is 75.1 cm³/mol. The molecular weight excluding hydrogens is 269 g/mol. The summed E-state index contributed by atoms with van der Waals surface area (Å²) in [5, 5.41) is 1.38. The zero-order chi connectivity index (χ0) is 13.0. The molecule has 0 saturated carbocycles.